The summed E-state index contributed by atoms with van der Waals surface area (Å²) >= 11 is 0. The van der Waals surface area contributed by atoms with E-state index in [1.807, 2.05) is 6.92 Å². The molecule has 0 spiro atoms. The molecule has 0 radical (unpaired) electrons. The van der Waals surface area contributed by atoms with Gasteiger partial charge in [0.1, 0.15) is 5.75 Å². The molecule has 1 aromatic carbocycles. The van der Waals surface area contributed by atoms with Crippen LogP contribution in [0.1, 0.15) is 5.56 Å². The number of benzene rings is 1. The van der Waals surface area contributed by atoms with Gasteiger partial charge in [-0.3, -0.25) is 0 Å². The van der Waals surface area contributed by atoms with Crippen molar-refractivity contribution >= 4 is 0 Å². The highest BCUT2D eigenvalue weighted by Gasteiger charge is 2.05. The van der Waals surface area contributed by atoms with Crippen LogP contribution < -0.4 is 4.74 Å². The zero-order valence-electron chi connectivity index (χ0n) is 6.76. The highest BCUT2D eigenvalue weighted by Crippen LogP contribution is 2.13. The van der Waals surface area contributed by atoms with Crippen LogP contribution in [0.25, 0.3) is 0 Å². The first kappa shape index (κ1) is 8.97. The van der Waals surface area contributed by atoms with Crippen LogP contribution in [0, 0.1) is 6.92 Å². The van der Waals surface area contributed by atoms with Crippen LogP contribution in [0.2, 0.25) is 0 Å². The fraction of sp³-hybridized carbons (Fsp3) is 0.333. The van der Waals surface area contributed by atoms with E-state index in [0.717, 1.165) is 5.56 Å². The van der Waals surface area contributed by atoms with Crippen molar-refractivity contribution in [2.45, 2.75) is 13.3 Å². The van der Waals surface area contributed by atoms with Crippen LogP contribution >= 0.6 is 0 Å². The molecule has 0 N–H and O–H groups in total. The highest BCUT2D eigenvalue weighted by atomic mass is 19.2. The quantitative estimate of drug-likeness (QED) is 0.681. The fourth-order valence-corrected chi connectivity index (χ4v) is 0.796. The molecule has 3 heteroatoms. The Kier molecular flexibility index (Phi) is 3.02. The third-order valence-electron chi connectivity index (χ3n) is 1.41. The van der Waals surface area contributed by atoms with Gasteiger partial charge in [-0.15, -0.1) is 0 Å². The van der Waals surface area contributed by atoms with E-state index in [9.17, 15) is 8.78 Å². The van der Waals surface area contributed by atoms with Gasteiger partial charge < -0.3 is 4.74 Å². The molecule has 1 unspecified atom stereocenters. The molecule has 0 aliphatic carbocycles. The lowest BCUT2D eigenvalue weighted by atomic mass is 10.2. The van der Waals surface area contributed by atoms with Crippen LogP contribution in [0.5, 0.6) is 5.75 Å². The lowest BCUT2D eigenvalue weighted by molar-refractivity contribution is 0.0434. The van der Waals surface area contributed by atoms with E-state index in [2.05, 4.69) is 4.74 Å². The van der Waals surface area contributed by atoms with Gasteiger partial charge in [0.05, 0.1) is 0 Å². The third kappa shape index (κ3) is 2.49. The highest BCUT2D eigenvalue weighted by molar-refractivity contribution is 5.26. The summed E-state index contributed by atoms with van der Waals surface area (Å²) in [5.74, 6) is 0.353. The normalized spacial score (nSPS) is 12.6. The topological polar surface area (TPSA) is 9.23 Å². The zero-order valence-corrected chi connectivity index (χ0v) is 6.76. The first-order valence-corrected chi connectivity index (χ1v) is 3.65. The molecule has 0 fully saturated rings. The fourth-order valence-electron chi connectivity index (χ4n) is 0.796. The van der Waals surface area contributed by atoms with Crippen molar-refractivity contribution in [2.75, 3.05) is 6.67 Å². The van der Waals surface area contributed by atoms with Gasteiger partial charge in [-0.1, -0.05) is 17.7 Å². The molecule has 0 saturated heterocycles. The van der Waals surface area contributed by atoms with Gasteiger partial charge in [-0.2, -0.15) is 4.39 Å². The summed E-state index contributed by atoms with van der Waals surface area (Å²) in [6.07, 6.45) is -1.85. The molecular weight excluding hydrogens is 162 g/mol. The van der Waals surface area contributed by atoms with Gasteiger partial charge in [0, 0.05) is 0 Å². The Morgan fingerprint density at radius 2 is 1.92 bits per heavy atom. The Morgan fingerprint density at radius 3 is 2.42 bits per heavy atom. The second-order valence-electron chi connectivity index (χ2n) is 2.50. The summed E-state index contributed by atoms with van der Waals surface area (Å²) < 4.78 is 28.5. The minimum atomic E-state index is -1.85. The molecule has 0 amide bonds. The molecule has 1 nitrogen and oxygen atoms in total. The SMILES string of the molecule is Cc1ccc(OC(F)CF)cc1. The van der Waals surface area contributed by atoms with E-state index in [1.165, 1.54) is 0 Å². The number of alkyl halides is 2. The molecule has 1 aromatic rings. The van der Waals surface area contributed by atoms with Crippen molar-refractivity contribution in [1.29, 1.82) is 0 Å². The summed E-state index contributed by atoms with van der Waals surface area (Å²) in [7, 11) is 0. The molecule has 1 rings (SSSR count). The van der Waals surface area contributed by atoms with Crippen molar-refractivity contribution < 1.29 is 13.5 Å². The van der Waals surface area contributed by atoms with E-state index in [4.69, 9.17) is 0 Å². The van der Waals surface area contributed by atoms with Gasteiger partial charge in [0.25, 0.3) is 6.36 Å². The molecule has 0 bridgehead atoms. The summed E-state index contributed by atoms with van der Waals surface area (Å²) in [4.78, 5) is 0. The first-order chi connectivity index (χ1) is 5.72. The maximum absolute atomic E-state index is 12.3. The van der Waals surface area contributed by atoms with Gasteiger partial charge >= 0.3 is 0 Å². The number of ether oxygens (including phenoxy) is 1. The molecular formula is C9H10F2O. The van der Waals surface area contributed by atoms with Gasteiger partial charge in [-0.25, -0.2) is 4.39 Å². The zero-order chi connectivity index (χ0) is 8.97. The lowest BCUT2D eigenvalue weighted by Gasteiger charge is -2.07. The van der Waals surface area contributed by atoms with Crippen molar-refractivity contribution in [3.63, 3.8) is 0 Å². The predicted octanol–water partition coefficient (Wildman–Crippen LogP) is 2.64. The Morgan fingerprint density at radius 1 is 1.33 bits per heavy atom. The molecule has 0 aromatic heterocycles. The third-order valence-corrected chi connectivity index (χ3v) is 1.41. The van der Waals surface area contributed by atoms with Crippen molar-refractivity contribution in [1.82, 2.24) is 0 Å². The summed E-state index contributed by atoms with van der Waals surface area (Å²) in [6.45, 7) is 0.791. The number of halogens is 2. The second kappa shape index (κ2) is 4.04. The van der Waals surface area contributed by atoms with E-state index < -0.39 is 13.0 Å². The van der Waals surface area contributed by atoms with Gasteiger partial charge in [0.2, 0.25) is 0 Å². The molecule has 0 aliphatic rings. The lowest BCUT2D eigenvalue weighted by Crippen LogP contribution is -2.11. The minimum absolute atomic E-state index is 0.353. The number of hydrogen-bond acceptors (Lipinski definition) is 1. The van der Waals surface area contributed by atoms with Crippen LogP contribution in [0.15, 0.2) is 24.3 Å². The summed E-state index contributed by atoms with van der Waals surface area (Å²) in [5, 5.41) is 0. The van der Waals surface area contributed by atoms with Gasteiger partial charge in [0.15, 0.2) is 6.67 Å². The maximum atomic E-state index is 12.3. The van der Waals surface area contributed by atoms with E-state index in [-0.39, 0.29) is 0 Å². The molecule has 66 valence electrons. The predicted molar refractivity (Wildman–Crippen MR) is 42.7 cm³/mol. The smallest absolute Gasteiger partial charge is 0.266 e. The number of rotatable bonds is 3. The maximum Gasteiger partial charge on any atom is 0.266 e. The standard InChI is InChI=1S/C9H10F2O/c1-7-2-4-8(5-3-7)12-9(11)6-10/h2-5,9H,6H2,1H3. The van der Waals surface area contributed by atoms with E-state index in [0.29, 0.717) is 5.75 Å². The first-order valence-electron chi connectivity index (χ1n) is 3.65. The van der Waals surface area contributed by atoms with Crippen LogP contribution in [0.3, 0.4) is 0 Å². The molecule has 0 saturated carbocycles. The van der Waals surface area contributed by atoms with E-state index in [1.54, 1.807) is 24.3 Å². The monoisotopic (exact) mass is 172 g/mol. The minimum Gasteiger partial charge on any atom is -0.458 e. The van der Waals surface area contributed by atoms with E-state index >= 15 is 0 Å². The van der Waals surface area contributed by atoms with Crippen molar-refractivity contribution in [2.24, 2.45) is 0 Å². The van der Waals surface area contributed by atoms with Crippen molar-refractivity contribution in [3.05, 3.63) is 29.8 Å². The average molecular weight is 172 g/mol. The van der Waals surface area contributed by atoms with Crippen LogP contribution in [-0.2, 0) is 0 Å². The second-order valence-corrected chi connectivity index (χ2v) is 2.50. The Bertz CT molecular complexity index is 233. The number of hydrogen-bond donors (Lipinski definition) is 0. The largest absolute Gasteiger partial charge is 0.458 e. The summed E-state index contributed by atoms with van der Waals surface area (Å²) in [5.41, 5.74) is 1.05. The Balaban J connectivity index is 2.58. The Labute approximate surface area is 70.0 Å². The Hall–Kier alpha value is -1.12. The number of aryl methyl sites for hydroxylation is 1. The molecule has 1 atom stereocenters. The van der Waals surface area contributed by atoms with Crippen LogP contribution in [0.4, 0.5) is 8.78 Å². The molecule has 12 heavy (non-hydrogen) atoms. The molecule has 0 aliphatic heterocycles. The van der Waals surface area contributed by atoms with Crippen LogP contribution in [-0.4, -0.2) is 13.0 Å². The average Bonchev–Trinajstić information content (AvgIpc) is 2.09. The van der Waals surface area contributed by atoms with Crippen molar-refractivity contribution in [3.8, 4) is 5.75 Å². The summed E-state index contributed by atoms with van der Waals surface area (Å²) in [6, 6.07) is 6.77. The molecule has 0 heterocycles. The van der Waals surface area contributed by atoms with Gasteiger partial charge in [-0.05, 0) is 19.1 Å².